The molecule has 0 aliphatic carbocycles. The number of rotatable bonds is 7. The van der Waals surface area contributed by atoms with Gasteiger partial charge in [0.15, 0.2) is 11.5 Å². The van der Waals surface area contributed by atoms with Gasteiger partial charge >= 0.3 is 0 Å². The largest absolute Gasteiger partial charge is 0.493 e. The van der Waals surface area contributed by atoms with Crippen LogP contribution in [0.15, 0.2) is 34.1 Å². The fourth-order valence-electron chi connectivity index (χ4n) is 1.97. The third-order valence-electron chi connectivity index (χ3n) is 3.13. The van der Waals surface area contributed by atoms with Crippen LogP contribution in [-0.2, 0) is 0 Å². The van der Waals surface area contributed by atoms with Gasteiger partial charge in [0.2, 0.25) is 0 Å². The third-order valence-corrected chi connectivity index (χ3v) is 4.06. The van der Waals surface area contributed by atoms with Gasteiger partial charge in [-0.2, -0.15) is 0 Å². The Morgan fingerprint density at radius 1 is 1.29 bits per heavy atom. The zero-order valence-electron chi connectivity index (χ0n) is 12.7. The summed E-state index contributed by atoms with van der Waals surface area (Å²) >= 11 is 1.58. The maximum atomic E-state index is 5.36. The van der Waals surface area contributed by atoms with Crippen molar-refractivity contribution in [3.05, 3.63) is 35.7 Å². The molecule has 1 unspecified atom stereocenters. The molecule has 0 radical (unpaired) electrons. The van der Waals surface area contributed by atoms with E-state index in [0.717, 1.165) is 28.5 Å². The molecule has 2 aromatic rings. The number of benzene rings is 1. The highest BCUT2D eigenvalue weighted by atomic mass is 32.2. The second-order valence-electron chi connectivity index (χ2n) is 4.52. The monoisotopic (exact) mass is 308 g/mol. The average molecular weight is 308 g/mol. The lowest BCUT2D eigenvalue weighted by molar-refractivity contribution is 0.354. The lowest BCUT2D eigenvalue weighted by Gasteiger charge is -2.17. The number of aromatic nitrogens is 1. The minimum atomic E-state index is 0.169. The number of nitrogens with one attached hydrogen (secondary N) is 1. The molecule has 2 rings (SSSR count). The first-order chi connectivity index (χ1) is 10.2. The predicted octanol–water partition coefficient (Wildman–Crippen LogP) is 3.05. The fourth-order valence-corrected chi connectivity index (χ4v) is 2.96. The van der Waals surface area contributed by atoms with Gasteiger partial charge in [-0.25, -0.2) is 4.98 Å². The molecular weight excluding hydrogens is 288 g/mol. The van der Waals surface area contributed by atoms with Crippen LogP contribution in [0.5, 0.6) is 11.5 Å². The Hall–Kier alpha value is -1.66. The molecule has 0 saturated carbocycles. The highest BCUT2D eigenvalue weighted by Gasteiger charge is 2.14. The molecule has 1 heterocycles. The van der Waals surface area contributed by atoms with E-state index in [1.807, 2.05) is 32.2 Å². The van der Waals surface area contributed by atoms with Crippen molar-refractivity contribution < 1.29 is 13.9 Å². The summed E-state index contributed by atoms with van der Waals surface area (Å²) < 4.78 is 16.0. The van der Waals surface area contributed by atoms with Crippen LogP contribution in [0.25, 0.3) is 0 Å². The summed E-state index contributed by atoms with van der Waals surface area (Å²) in [5, 5.41) is 3.99. The summed E-state index contributed by atoms with van der Waals surface area (Å²) in [5.41, 5.74) is 2.02. The van der Waals surface area contributed by atoms with Gasteiger partial charge in [-0.15, -0.1) is 0 Å². The number of hydrogen-bond donors (Lipinski definition) is 1. The topological polar surface area (TPSA) is 56.5 Å². The van der Waals surface area contributed by atoms with E-state index < -0.39 is 0 Å². The Bertz CT molecular complexity index is 586. The Labute approximate surface area is 129 Å². The van der Waals surface area contributed by atoms with E-state index in [0.29, 0.717) is 5.22 Å². The van der Waals surface area contributed by atoms with Crippen molar-refractivity contribution >= 4 is 11.8 Å². The first-order valence-corrected chi connectivity index (χ1v) is 7.60. The summed E-state index contributed by atoms with van der Waals surface area (Å²) in [5.74, 6) is 2.27. The average Bonchev–Trinajstić information content (AvgIpc) is 2.93. The number of nitrogens with zero attached hydrogens (tertiary/aromatic N) is 1. The van der Waals surface area contributed by atoms with Crippen molar-refractivity contribution in [1.29, 1.82) is 0 Å². The molecule has 1 N–H and O–H groups in total. The van der Waals surface area contributed by atoms with Crippen molar-refractivity contribution in [2.45, 2.75) is 18.2 Å². The Balaban J connectivity index is 2.09. The second kappa shape index (κ2) is 7.38. The summed E-state index contributed by atoms with van der Waals surface area (Å²) in [7, 11) is 5.21. The molecule has 1 aromatic carbocycles. The van der Waals surface area contributed by atoms with Crippen LogP contribution in [0, 0.1) is 6.92 Å². The number of aryl methyl sites for hydroxylation is 1. The van der Waals surface area contributed by atoms with Gasteiger partial charge in [0.25, 0.3) is 5.22 Å². The van der Waals surface area contributed by atoms with E-state index in [4.69, 9.17) is 13.9 Å². The van der Waals surface area contributed by atoms with Gasteiger partial charge < -0.3 is 19.2 Å². The van der Waals surface area contributed by atoms with E-state index in [1.165, 1.54) is 0 Å². The quantitative estimate of drug-likeness (QED) is 0.793. The van der Waals surface area contributed by atoms with E-state index in [1.54, 1.807) is 32.2 Å². The van der Waals surface area contributed by atoms with Crippen LogP contribution in [0.4, 0.5) is 0 Å². The zero-order chi connectivity index (χ0) is 15.2. The number of hydrogen-bond acceptors (Lipinski definition) is 6. The van der Waals surface area contributed by atoms with Crippen LogP contribution >= 0.6 is 11.8 Å². The van der Waals surface area contributed by atoms with Crippen molar-refractivity contribution in [3.63, 3.8) is 0 Å². The maximum Gasteiger partial charge on any atom is 0.255 e. The van der Waals surface area contributed by atoms with Gasteiger partial charge in [-0.1, -0.05) is 17.8 Å². The van der Waals surface area contributed by atoms with Crippen molar-refractivity contribution in [1.82, 2.24) is 10.3 Å². The first kappa shape index (κ1) is 15.7. The van der Waals surface area contributed by atoms with E-state index in [-0.39, 0.29) is 6.04 Å². The highest BCUT2D eigenvalue weighted by Crippen LogP contribution is 2.31. The van der Waals surface area contributed by atoms with Crippen molar-refractivity contribution in [2.75, 3.05) is 27.0 Å². The molecule has 5 nitrogen and oxygen atoms in total. The molecule has 6 heteroatoms. The molecule has 21 heavy (non-hydrogen) atoms. The smallest absolute Gasteiger partial charge is 0.255 e. The van der Waals surface area contributed by atoms with E-state index in [2.05, 4.69) is 10.3 Å². The summed E-state index contributed by atoms with van der Waals surface area (Å²) in [6, 6.07) is 6.10. The molecule has 1 aromatic heterocycles. The summed E-state index contributed by atoms with van der Waals surface area (Å²) in [6.45, 7) is 1.91. The molecule has 114 valence electrons. The molecule has 0 fully saturated rings. The zero-order valence-corrected chi connectivity index (χ0v) is 13.5. The number of thioether (sulfide) groups is 1. The fraction of sp³-hybridized carbons (Fsp3) is 0.400. The molecule has 0 amide bonds. The molecular formula is C15H20N2O3S. The van der Waals surface area contributed by atoms with Crippen LogP contribution < -0.4 is 14.8 Å². The standard InChI is InChI=1S/C15H20N2O3S/c1-10-8-20-15(17-10)21-9-12(16-2)11-5-6-13(18-3)14(7-11)19-4/h5-8,12,16H,9H2,1-4H3. The predicted molar refractivity (Wildman–Crippen MR) is 83.3 cm³/mol. The third kappa shape index (κ3) is 3.92. The summed E-state index contributed by atoms with van der Waals surface area (Å²) in [4.78, 5) is 4.30. The Kier molecular flexibility index (Phi) is 5.52. The van der Waals surface area contributed by atoms with Crippen LogP contribution in [0.1, 0.15) is 17.3 Å². The van der Waals surface area contributed by atoms with Crippen molar-refractivity contribution in [3.8, 4) is 11.5 Å². The lowest BCUT2D eigenvalue weighted by Crippen LogP contribution is -2.18. The van der Waals surface area contributed by atoms with Crippen LogP contribution in [0.3, 0.4) is 0 Å². The minimum absolute atomic E-state index is 0.169. The van der Waals surface area contributed by atoms with E-state index in [9.17, 15) is 0 Å². The number of ether oxygens (including phenoxy) is 2. The molecule has 0 bridgehead atoms. The van der Waals surface area contributed by atoms with Gasteiger partial charge in [0.1, 0.15) is 6.26 Å². The molecule has 1 atom stereocenters. The van der Waals surface area contributed by atoms with Gasteiger partial charge in [-0.05, 0) is 31.7 Å². The van der Waals surface area contributed by atoms with Crippen LogP contribution in [-0.4, -0.2) is 32.0 Å². The number of oxazole rings is 1. The minimum Gasteiger partial charge on any atom is -0.493 e. The van der Waals surface area contributed by atoms with E-state index >= 15 is 0 Å². The first-order valence-electron chi connectivity index (χ1n) is 6.62. The molecule has 0 aliphatic rings. The molecule has 0 spiro atoms. The Morgan fingerprint density at radius 3 is 2.62 bits per heavy atom. The Morgan fingerprint density at radius 2 is 2.05 bits per heavy atom. The normalized spacial score (nSPS) is 12.2. The van der Waals surface area contributed by atoms with Crippen LogP contribution in [0.2, 0.25) is 0 Å². The molecule has 0 saturated heterocycles. The summed E-state index contributed by atoms with van der Waals surface area (Å²) in [6.07, 6.45) is 1.66. The van der Waals surface area contributed by atoms with Crippen molar-refractivity contribution in [2.24, 2.45) is 0 Å². The lowest BCUT2D eigenvalue weighted by atomic mass is 10.1. The van der Waals surface area contributed by atoms with Gasteiger partial charge in [-0.3, -0.25) is 0 Å². The number of methoxy groups -OCH3 is 2. The SMILES string of the molecule is CNC(CSc1nc(C)co1)c1ccc(OC)c(OC)c1. The second-order valence-corrected chi connectivity index (χ2v) is 5.49. The maximum absolute atomic E-state index is 5.36. The molecule has 0 aliphatic heterocycles. The van der Waals surface area contributed by atoms with Gasteiger partial charge in [0, 0.05) is 11.8 Å². The highest BCUT2D eigenvalue weighted by molar-refractivity contribution is 7.99. The van der Waals surface area contributed by atoms with Gasteiger partial charge in [0.05, 0.1) is 19.9 Å².